The van der Waals surface area contributed by atoms with Gasteiger partial charge in [-0.15, -0.1) is 0 Å². The number of amides is 1. The summed E-state index contributed by atoms with van der Waals surface area (Å²) in [5.74, 6) is 0.0875. The summed E-state index contributed by atoms with van der Waals surface area (Å²) in [6, 6.07) is 18.1. The molecule has 0 atom stereocenters. The molecule has 0 aromatic heterocycles. The number of likely N-dealkylation sites (N-methyl/N-ethyl adjacent to an activating group) is 1. The Morgan fingerprint density at radius 1 is 1.05 bits per heavy atom. The second-order valence-electron chi connectivity index (χ2n) is 5.42. The average Bonchev–Trinajstić information content (AvgIpc) is 2.80. The van der Waals surface area contributed by atoms with Gasteiger partial charge in [-0.25, -0.2) is 0 Å². The zero-order chi connectivity index (χ0) is 15.5. The molecule has 0 bridgehead atoms. The van der Waals surface area contributed by atoms with E-state index in [1.807, 2.05) is 67.3 Å². The van der Waals surface area contributed by atoms with Crippen LogP contribution in [0, 0.1) is 0 Å². The molecule has 0 radical (unpaired) electrons. The van der Waals surface area contributed by atoms with Crippen molar-refractivity contribution in [1.29, 1.82) is 0 Å². The quantitative estimate of drug-likeness (QED) is 0.760. The van der Waals surface area contributed by atoms with Crippen LogP contribution in [-0.2, 0) is 4.79 Å². The van der Waals surface area contributed by atoms with E-state index in [9.17, 15) is 4.79 Å². The average molecular weight is 289 g/mol. The molecular formula is C20H19NO. The molecule has 0 N–H and O–H groups in total. The monoisotopic (exact) mass is 289 g/mol. The molecular weight excluding hydrogens is 270 g/mol. The van der Waals surface area contributed by atoms with E-state index in [1.54, 1.807) is 0 Å². The molecule has 2 aromatic rings. The predicted molar refractivity (Wildman–Crippen MR) is 92.5 cm³/mol. The molecule has 1 aliphatic rings. The van der Waals surface area contributed by atoms with E-state index in [1.165, 1.54) is 0 Å². The zero-order valence-corrected chi connectivity index (χ0v) is 12.9. The standard InChI is InChI=1S/C20H19NO/c1-3-21-19-12-8-7-11-17(19)18(20(21)22)14-15(2)13-16-9-5-4-6-10-16/h4-14H,3H2,1-2H3/b15-13+,18-14+. The number of fused-ring (bicyclic) bond motifs is 1. The highest BCUT2D eigenvalue weighted by Gasteiger charge is 2.30. The number of nitrogens with zero attached hydrogens (tertiary/aromatic N) is 1. The molecule has 22 heavy (non-hydrogen) atoms. The number of carbonyl (C=O) groups excluding carboxylic acids is 1. The van der Waals surface area contributed by atoms with Crippen molar-refractivity contribution in [2.75, 3.05) is 11.4 Å². The van der Waals surface area contributed by atoms with E-state index in [2.05, 4.69) is 18.2 Å². The summed E-state index contributed by atoms with van der Waals surface area (Å²) in [6.07, 6.45) is 4.08. The third-order valence-corrected chi connectivity index (χ3v) is 3.84. The first-order valence-electron chi connectivity index (χ1n) is 7.57. The van der Waals surface area contributed by atoms with Crippen LogP contribution in [-0.4, -0.2) is 12.5 Å². The first-order chi connectivity index (χ1) is 10.7. The van der Waals surface area contributed by atoms with Crippen LogP contribution >= 0.6 is 0 Å². The molecule has 2 heteroatoms. The van der Waals surface area contributed by atoms with Gasteiger partial charge in [0.2, 0.25) is 0 Å². The van der Waals surface area contributed by atoms with Crippen molar-refractivity contribution in [3.05, 3.63) is 77.4 Å². The molecule has 2 nitrogen and oxygen atoms in total. The normalized spacial score (nSPS) is 16.3. The minimum Gasteiger partial charge on any atom is -0.308 e. The highest BCUT2D eigenvalue weighted by Crippen LogP contribution is 2.36. The van der Waals surface area contributed by atoms with Gasteiger partial charge in [-0.05, 0) is 37.1 Å². The molecule has 3 rings (SSSR count). The molecule has 0 unspecified atom stereocenters. The summed E-state index contributed by atoms with van der Waals surface area (Å²) in [6.45, 7) is 4.73. The summed E-state index contributed by atoms with van der Waals surface area (Å²) in [4.78, 5) is 14.4. The molecule has 1 aliphatic heterocycles. The number of rotatable bonds is 3. The van der Waals surface area contributed by atoms with Crippen molar-refractivity contribution in [3.63, 3.8) is 0 Å². The maximum Gasteiger partial charge on any atom is 0.258 e. The summed E-state index contributed by atoms with van der Waals surface area (Å²) in [5, 5.41) is 0. The van der Waals surface area contributed by atoms with Crippen molar-refractivity contribution < 1.29 is 4.79 Å². The van der Waals surface area contributed by atoms with Gasteiger partial charge in [0.25, 0.3) is 5.91 Å². The number of para-hydroxylation sites is 1. The maximum atomic E-state index is 12.6. The maximum absolute atomic E-state index is 12.6. The summed E-state index contributed by atoms with van der Waals surface area (Å²) >= 11 is 0. The van der Waals surface area contributed by atoms with E-state index < -0.39 is 0 Å². The Labute approximate surface area is 131 Å². The Hall–Kier alpha value is -2.61. The third-order valence-electron chi connectivity index (χ3n) is 3.84. The van der Waals surface area contributed by atoms with Gasteiger partial charge < -0.3 is 4.90 Å². The van der Waals surface area contributed by atoms with E-state index in [0.29, 0.717) is 6.54 Å². The first kappa shape index (κ1) is 14.3. The van der Waals surface area contributed by atoms with E-state index in [4.69, 9.17) is 0 Å². The topological polar surface area (TPSA) is 20.3 Å². The Kier molecular flexibility index (Phi) is 3.92. The van der Waals surface area contributed by atoms with E-state index in [-0.39, 0.29) is 5.91 Å². The fraction of sp³-hybridized carbons (Fsp3) is 0.150. The molecule has 0 spiro atoms. The minimum atomic E-state index is 0.0875. The number of benzene rings is 2. The molecule has 0 saturated heterocycles. The first-order valence-corrected chi connectivity index (χ1v) is 7.57. The van der Waals surface area contributed by atoms with Crippen molar-refractivity contribution in [3.8, 4) is 0 Å². The Morgan fingerprint density at radius 2 is 1.73 bits per heavy atom. The van der Waals surface area contributed by atoms with Gasteiger partial charge in [-0.3, -0.25) is 4.79 Å². The lowest BCUT2D eigenvalue weighted by molar-refractivity contribution is -0.112. The molecule has 2 aromatic carbocycles. The largest absolute Gasteiger partial charge is 0.308 e. The van der Waals surface area contributed by atoms with Gasteiger partial charge in [0, 0.05) is 17.7 Å². The number of allylic oxidation sites excluding steroid dienone is 2. The summed E-state index contributed by atoms with van der Waals surface area (Å²) < 4.78 is 0. The molecule has 0 saturated carbocycles. The number of anilines is 1. The van der Waals surface area contributed by atoms with Crippen LogP contribution in [0.4, 0.5) is 5.69 Å². The molecule has 1 heterocycles. The van der Waals surface area contributed by atoms with Crippen LogP contribution in [0.15, 0.2) is 66.2 Å². The Morgan fingerprint density at radius 3 is 2.45 bits per heavy atom. The summed E-state index contributed by atoms with van der Waals surface area (Å²) in [5.41, 5.74) is 5.02. The number of hydrogen-bond acceptors (Lipinski definition) is 1. The van der Waals surface area contributed by atoms with Crippen molar-refractivity contribution in [1.82, 2.24) is 0 Å². The molecule has 0 fully saturated rings. The highest BCUT2D eigenvalue weighted by atomic mass is 16.2. The minimum absolute atomic E-state index is 0.0875. The van der Waals surface area contributed by atoms with Gasteiger partial charge in [-0.2, -0.15) is 0 Å². The smallest absolute Gasteiger partial charge is 0.258 e. The van der Waals surface area contributed by atoms with Crippen LogP contribution in [0.1, 0.15) is 25.0 Å². The number of carbonyl (C=O) groups is 1. The summed E-state index contributed by atoms with van der Waals surface area (Å²) in [7, 11) is 0. The van der Waals surface area contributed by atoms with Crippen molar-refractivity contribution in [2.45, 2.75) is 13.8 Å². The van der Waals surface area contributed by atoms with Gasteiger partial charge >= 0.3 is 0 Å². The molecule has 110 valence electrons. The SMILES string of the molecule is CCN1C(=O)/C(=C/C(C)=C/c2ccccc2)c2ccccc21. The van der Waals surface area contributed by atoms with Crippen LogP contribution in [0.25, 0.3) is 11.6 Å². The molecule has 0 aliphatic carbocycles. The van der Waals surface area contributed by atoms with Crippen LogP contribution < -0.4 is 4.90 Å². The lowest BCUT2D eigenvalue weighted by Crippen LogP contribution is -2.25. The lowest BCUT2D eigenvalue weighted by Gasteiger charge is -2.13. The predicted octanol–water partition coefficient (Wildman–Crippen LogP) is 4.54. The molecule has 1 amide bonds. The van der Waals surface area contributed by atoms with E-state index in [0.717, 1.165) is 28.0 Å². The van der Waals surface area contributed by atoms with Gasteiger partial charge in [0.1, 0.15) is 0 Å². The van der Waals surface area contributed by atoms with Crippen LogP contribution in [0.2, 0.25) is 0 Å². The lowest BCUT2D eigenvalue weighted by atomic mass is 10.0. The second kappa shape index (κ2) is 6.02. The van der Waals surface area contributed by atoms with Gasteiger partial charge in [0.05, 0.1) is 5.69 Å². The highest BCUT2D eigenvalue weighted by molar-refractivity contribution is 6.32. The fourth-order valence-electron chi connectivity index (χ4n) is 2.84. The zero-order valence-electron chi connectivity index (χ0n) is 12.9. The number of hydrogen-bond donors (Lipinski definition) is 0. The van der Waals surface area contributed by atoms with Gasteiger partial charge in [-0.1, -0.05) is 54.6 Å². The van der Waals surface area contributed by atoms with Gasteiger partial charge in [0.15, 0.2) is 0 Å². The Bertz CT molecular complexity index is 756. The van der Waals surface area contributed by atoms with Crippen LogP contribution in [0.3, 0.4) is 0 Å². The van der Waals surface area contributed by atoms with Crippen molar-refractivity contribution >= 4 is 23.2 Å². The van der Waals surface area contributed by atoms with Crippen molar-refractivity contribution in [2.24, 2.45) is 0 Å². The fourth-order valence-corrected chi connectivity index (χ4v) is 2.84. The van der Waals surface area contributed by atoms with E-state index >= 15 is 0 Å². The van der Waals surface area contributed by atoms with Crippen LogP contribution in [0.5, 0.6) is 0 Å². The third kappa shape index (κ3) is 2.60. The second-order valence-corrected chi connectivity index (χ2v) is 5.42. The Balaban J connectivity index is 2.01.